The van der Waals surface area contributed by atoms with Crippen molar-refractivity contribution in [1.29, 1.82) is 0 Å². The van der Waals surface area contributed by atoms with E-state index in [2.05, 4.69) is 15.6 Å². The Morgan fingerprint density at radius 2 is 1.78 bits per heavy atom. The van der Waals surface area contributed by atoms with Gasteiger partial charge in [0, 0.05) is 23.5 Å². The van der Waals surface area contributed by atoms with Crippen LogP contribution >= 0.6 is 0 Å². The highest BCUT2D eigenvalue weighted by molar-refractivity contribution is 5.88. The van der Waals surface area contributed by atoms with Crippen LogP contribution in [-0.4, -0.2) is 35.4 Å². The molecular formula is C25H29N3O4. The highest BCUT2D eigenvalue weighted by atomic mass is 16.5. The van der Waals surface area contributed by atoms with Gasteiger partial charge in [0.25, 0.3) is 0 Å². The van der Waals surface area contributed by atoms with Crippen LogP contribution in [0.4, 0.5) is 4.79 Å². The monoisotopic (exact) mass is 435 g/mol. The van der Waals surface area contributed by atoms with Crippen LogP contribution in [0.25, 0.3) is 10.9 Å². The first-order chi connectivity index (χ1) is 15.5. The lowest BCUT2D eigenvalue weighted by atomic mass is 9.97. The summed E-state index contributed by atoms with van der Waals surface area (Å²) in [6.07, 6.45) is 2.92. The quantitative estimate of drug-likeness (QED) is 0.423. The van der Waals surface area contributed by atoms with Gasteiger partial charge in [0.1, 0.15) is 18.9 Å². The molecule has 0 spiro atoms. The average Bonchev–Trinajstić information content (AvgIpc) is 3.23. The fourth-order valence-electron chi connectivity index (χ4n) is 3.54. The van der Waals surface area contributed by atoms with E-state index >= 15 is 0 Å². The van der Waals surface area contributed by atoms with Crippen LogP contribution < -0.4 is 10.6 Å². The number of alkyl carbamates (subject to hydrolysis) is 1. The molecule has 3 rings (SSSR count). The normalized spacial score (nSPS) is 13.7. The predicted molar refractivity (Wildman–Crippen MR) is 123 cm³/mol. The van der Waals surface area contributed by atoms with Gasteiger partial charge >= 0.3 is 6.09 Å². The largest absolute Gasteiger partial charge is 0.445 e. The molecule has 2 aromatic carbocycles. The summed E-state index contributed by atoms with van der Waals surface area (Å²) in [5.74, 6) is -0.549. The van der Waals surface area contributed by atoms with Crippen molar-refractivity contribution in [3.05, 3.63) is 71.9 Å². The Bertz CT molecular complexity index is 1050. The van der Waals surface area contributed by atoms with Crippen molar-refractivity contribution in [2.45, 2.75) is 45.4 Å². The molecular weight excluding hydrogens is 406 g/mol. The van der Waals surface area contributed by atoms with Gasteiger partial charge in [-0.3, -0.25) is 4.79 Å². The number of amides is 2. The number of carbonyl (C=O) groups excluding carboxylic acids is 3. The zero-order valence-electron chi connectivity index (χ0n) is 18.3. The van der Waals surface area contributed by atoms with Crippen molar-refractivity contribution in [3.63, 3.8) is 0 Å². The van der Waals surface area contributed by atoms with E-state index in [1.54, 1.807) is 0 Å². The van der Waals surface area contributed by atoms with E-state index in [4.69, 9.17) is 4.74 Å². The van der Waals surface area contributed by atoms with E-state index in [9.17, 15) is 14.4 Å². The molecule has 0 unspecified atom stereocenters. The molecule has 0 radical (unpaired) electrons. The number of carbonyl (C=O) groups is 3. The first-order valence-electron chi connectivity index (χ1n) is 10.8. The fourth-order valence-corrected chi connectivity index (χ4v) is 3.54. The number of ether oxygens (including phenoxy) is 1. The standard InChI is InChI=1S/C25H29N3O4/c1-3-17(2)23(28-25(31)32-16-18-9-5-4-6-10-18)24(30)27-20(15-29)13-19-14-26-22-12-8-7-11-21(19)22/h4-12,14-15,17,20,23,26H,3,13,16H2,1-2H3,(H,27,30)(H,28,31)/t17-,20-,23+/m1/s1. The molecule has 7 heteroatoms. The van der Waals surface area contributed by atoms with E-state index in [1.165, 1.54) is 0 Å². The number of para-hydroxylation sites is 1. The summed E-state index contributed by atoms with van der Waals surface area (Å²) >= 11 is 0. The Kier molecular flexibility index (Phi) is 8.02. The minimum Gasteiger partial charge on any atom is -0.445 e. The SMILES string of the molecule is CC[C@@H](C)[C@H](NC(=O)OCc1ccccc1)C(=O)N[C@@H](C=O)Cc1c[nH]c2ccccc12. The number of rotatable bonds is 10. The topological polar surface area (TPSA) is 100 Å². The first kappa shape index (κ1) is 23.1. The Hall–Kier alpha value is -3.61. The molecule has 0 saturated carbocycles. The number of fused-ring (bicyclic) bond motifs is 1. The van der Waals surface area contributed by atoms with E-state index in [0.717, 1.165) is 28.3 Å². The van der Waals surface area contributed by atoms with Crippen LogP contribution in [0.5, 0.6) is 0 Å². The molecule has 2 amide bonds. The second kappa shape index (κ2) is 11.1. The minimum atomic E-state index is -0.811. The van der Waals surface area contributed by atoms with Crippen LogP contribution in [0.3, 0.4) is 0 Å². The summed E-state index contributed by atoms with van der Waals surface area (Å²) < 4.78 is 5.26. The number of aromatic nitrogens is 1. The molecule has 32 heavy (non-hydrogen) atoms. The number of benzene rings is 2. The van der Waals surface area contributed by atoms with Crippen LogP contribution in [0, 0.1) is 5.92 Å². The van der Waals surface area contributed by atoms with Gasteiger partial charge < -0.3 is 25.1 Å². The van der Waals surface area contributed by atoms with Crippen molar-refractivity contribution < 1.29 is 19.1 Å². The number of aromatic amines is 1. The third-order valence-electron chi connectivity index (χ3n) is 5.59. The smallest absolute Gasteiger partial charge is 0.408 e. The number of aldehydes is 1. The van der Waals surface area contributed by atoms with Gasteiger partial charge in [0.05, 0.1) is 6.04 Å². The lowest BCUT2D eigenvalue weighted by Gasteiger charge is -2.25. The second-order valence-electron chi connectivity index (χ2n) is 7.88. The third-order valence-corrected chi connectivity index (χ3v) is 5.59. The van der Waals surface area contributed by atoms with Gasteiger partial charge in [-0.25, -0.2) is 4.79 Å². The summed E-state index contributed by atoms with van der Waals surface area (Å²) in [6, 6.07) is 15.6. The average molecular weight is 436 g/mol. The Morgan fingerprint density at radius 3 is 2.50 bits per heavy atom. The molecule has 0 fully saturated rings. The molecule has 0 aliphatic carbocycles. The summed E-state index contributed by atoms with van der Waals surface area (Å²) in [7, 11) is 0. The van der Waals surface area contributed by atoms with E-state index < -0.39 is 24.1 Å². The molecule has 1 heterocycles. The molecule has 7 nitrogen and oxygen atoms in total. The molecule has 0 aliphatic rings. The summed E-state index contributed by atoms with van der Waals surface area (Å²) in [5.41, 5.74) is 2.76. The first-order valence-corrected chi connectivity index (χ1v) is 10.8. The Labute approximate surface area is 187 Å². The summed E-state index contributed by atoms with van der Waals surface area (Å²) in [4.78, 5) is 40.2. The molecule has 1 aromatic heterocycles. The maximum atomic E-state index is 13.0. The van der Waals surface area contributed by atoms with Gasteiger partial charge in [-0.05, 0) is 23.1 Å². The lowest BCUT2D eigenvalue weighted by molar-refractivity contribution is -0.126. The van der Waals surface area contributed by atoms with Gasteiger partial charge in [-0.1, -0.05) is 68.8 Å². The zero-order chi connectivity index (χ0) is 22.9. The number of hydrogen-bond donors (Lipinski definition) is 3. The van der Waals surface area contributed by atoms with Crippen LogP contribution in [0.1, 0.15) is 31.4 Å². The third kappa shape index (κ3) is 5.97. The highest BCUT2D eigenvalue weighted by Gasteiger charge is 2.28. The summed E-state index contributed by atoms with van der Waals surface area (Å²) in [5, 5.41) is 6.44. The van der Waals surface area contributed by atoms with Gasteiger partial charge in [-0.2, -0.15) is 0 Å². The lowest BCUT2D eigenvalue weighted by Crippen LogP contribution is -2.53. The molecule has 0 bridgehead atoms. The molecule has 3 aromatic rings. The van der Waals surface area contributed by atoms with Crippen molar-refractivity contribution in [3.8, 4) is 0 Å². The number of nitrogens with one attached hydrogen (secondary N) is 3. The van der Waals surface area contributed by atoms with Crippen LogP contribution in [0.15, 0.2) is 60.8 Å². The van der Waals surface area contributed by atoms with Gasteiger partial charge in [-0.15, -0.1) is 0 Å². The van der Waals surface area contributed by atoms with Gasteiger partial charge in [0.15, 0.2) is 0 Å². The van der Waals surface area contributed by atoms with E-state index in [-0.39, 0.29) is 12.5 Å². The molecule has 0 saturated heterocycles. The van der Waals surface area contributed by atoms with Crippen LogP contribution in [-0.2, 0) is 27.4 Å². The Balaban J connectivity index is 1.62. The zero-order valence-corrected chi connectivity index (χ0v) is 18.3. The molecule has 3 N–H and O–H groups in total. The van der Waals surface area contributed by atoms with Crippen molar-refractivity contribution >= 4 is 29.2 Å². The van der Waals surface area contributed by atoms with Crippen molar-refractivity contribution in [2.75, 3.05) is 0 Å². The number of H-pyrrole nitrogens is 1. The molecule has 168 valence electrons. The predicted octanol–water partition coefficient (Wildman–Crippen LogP) is 3.74. The number of hydrogen-bond acceptors (Lipinski definition) is 4. The highest BCUT2D eigenvalue weighted by Crippen LogP contribution is 2.19. The summed E-state index contributed by atoms with van der Waals surface area (Å²) in [6.45, 7) is 3.92. The van der Waals surface area contributed by atoms with Crippen molar-refractivity contribution in [2.24, 2.45) is 5.92 Å². The maximum Gasteiger partial charge on any atom is 0.408 e. The fraction of sp³-hybridized carbons (Fsp3) is 0.320. The molecule has 0 aliphatic heterocycles. The minimum absolute atomic E-state index is 0.110. The van der Waals surface area contributed by atoms with Crippen molar-refractivity contribution in [1.82, 2.24) is 15.6 Å². The second-order valence-corrected chi connectivity index (χ2v) is 7.88. The van der Waals surface area contributed by atoms with Gasteiger partial charge in [0.2, 0.25) is 5.91 Å². The Morgan fingerprint density at radius 1 is 1.06 bits per heavy atom. The van der Waals surface area contributed by atoms with E-state index in [0.29, 0.717) is 12.8 Å². The van der Waals surface area contributed by atoms with Crippen LogP contribution in [0.2, 0.25) is 0 Å². The molecule has 3 atom stereocenters. The van der Waals surface area contributed by atoms with E-state index in [1.807, 2.05) is 74.6 Å². The maximum absolute atomic E-state index is 13.0.